The van der Waals surface area contributed by atoms with Gasteiger partial charge in [-0.15, -0.1) is 0 Å². The van der Waals surface area contributed by atoms with E-state index in [4.69, 9.17) is 0 Å². The van der Waals surface area contributed by atoms with E-state index in [1.54, 1.807) is 6.20 Å². The monoisotopic (exact) mass is 416 g/mol. The van der Waals surface area contributed by atoms with E-state index in [2.05, 4.69) is 35.5 Å². The molecule has 0 saturated carbocycles. The normalized spacial score (nSPS) is 13.0. The van der Waals surface area contributed by atoms with Gasteiger partial charge < -0.3 is 20.5 Å². The van der Waals surface area contributed by atoms with E-state index in [1.165, 1.54) is 32.0 Å². The predicted octanol–water partition coefficient (Wildman–Crippen LogP) is 1.47. The van der Waals surface area contributed by atoms with Crippen molar-refractivity contribution in [2.24, 2.45) is 0 Å². The van der Waals surface area contributed by atoms with E-state index in [0.29, 0.717) is 10.8 Å². The van der Waals surface area contributed by atoms with Gasteiger partial charge in [0, 0.05) is 17.3 Å². The van der Waals surface area contributed by atoms with Crippen LogP contribution >= 0.6 is 11.8 Å². The minimum atomic E-state index is -1.22. The molecule has 0 spiro atoms. The van der Waals surface area contributed by atoms with E-state index in [1.807, 2.05) is 24.5 Å². The maximum atomic E-state index is 12.8. The first-order chi connectivity index (χ1) is 13.9. The molecule has 1 amide bonds. The number of fused-ring (bicyclic) bond motifs is 1. The molecule has 2 aromatic heterocycles. The SMILES string of the molecule is COC(=O)[C@H](NC(=O)c1cnc(SC)nc1Nc1ccc2cn[nH]c2c1)[C@@H](C)O. The first kappa shape index (κ1) is 20.6. The molecule has 0 saturated heterocycles. The summed E-state index contributed by atoms with van der Waals surface area (Å²) in [7, 11) is 1.18. The molecule has 0 aliphatic rings. The van der Waals surface area contributed by atoms with E-state index in [0.717, 1.165) is 10.9 Å². The van der Waals surface area contributed by atoms with Crippen molar-refractivity contribution < 1.29 is 19.4 Å². The zero-order chi connectivity index (χ0) is 21.0. The lowest BCUT2D eigenvalue weighted by Crippen LogP contribution is -2.48. The van der Waals surface area contributed by atoms with Crippen LogP contribution in [0.1, 0.15) is 17.3 Å². The number of aliphatic hydroxyl groups excluding tert-OH is 1. The second-order valence-electron chi connectivity index (χ2n) is 6.13. The molecule has 0 radical (unpaired) electrons. The standard InChI is InChI=1S/C18H20N6O4S/c1-9(25)14(17(27)28-2)22-16(26)12-8-19-18(29-3)23-15(12)21-11-5-4-10-7-20-24-13(10)6-11/h4-9,14,25H,1-3H3,(H,20,24)(H,22,26)(H,19,21,23)/t9-,14-/m1/s1. The number of nitrogens with one attached hydrogen (secondary N) is 3. The van der Waals surface area contributed by atoms with Gasteiger partial charge in [0.2, 0.25) is 0 Å². The van der Waals surface area contributed by atoms with Crippen LogP contribution in [0.3, 0.4) is 0 Å². The highest BCUT2D eigenvalue weighted by molar-refractivity contribution is 7.98. The number of aromatic nitrogens is 4. The summed E-state index contributed by atoms with van der Waals surface area (Å²) in [5.41, 5.74) is 1.61. The molecule has 3 rings (SSSR count). The summed E-state index contributed by atoms with van der Waals surface area (Å²) in [6.07, 6.45) is 3.74. The average Bonchev–Trinajstić information content (AvgIpc) is 3.18. The zero-order valence-corrected chi connectivity index (χ0v) is 16.8. The molecule has 3 aromatic rings. The third-order valence-electron chi connectivity index (χ3n) is 4.12. The van der Waals surface area contributed by atoms with Crippen LogP contribution in [0.15, 0.2) is 35.7 Å². The topological polar surface area (TPSA) is 142 Å². The molecule has 4 N–H and O–H groups in total. The maximum Gasteiger partial charge on any atom is 0.331 e. The largest absolute Gasteiger partial charge is 0.467 e. The second-order valence-corrected chi connectivity index (χ2v) is 6.90. The summed E-state index contributed by atoms with van der Waals surface area (Å²) >= 11 is 1.32. The fourth-order valence-corrected chi connectivity index (χ4v) is 2.94. The van der Waals surface area contributed by atoms with Crippen LogP contribution in [0, 0.1) is 0 Å². The molecule has 2 heterocycles. The summed E-state index contributed by atoms with van der Waals surface area (Å²) in [6, 6.07) is 4.31. The number of esters is 1. The molecule has 152 valence electrons. The van der Waals surface area contributed by atoms with Gasteiger partial charge in [-0.2, -0.15) is 5.10 Å². The molecule has 0 fully saturated rings. The van der Waals surface area contributed by atoms with Crippen LogP contribution in [0.5, 0.6) is 0 Å². The number of methoxy groups -OCH3 is 1. The first-order valence-corrected chi connectivity index (χ1v) is 9.83. The lowest BCUT2D eigenvalue weighted by Gasteiger charge is -2.19. The molecule has 10 nitrogen and oxygen atoms in total. The maximum absolute atomic E-state index is 12.8. The van der Waals surface area contributed by atoms with Crippen molar-refractivity contribution in [2.45, 2.75) is 24.2 Å². The Bertz CT molecular complexity index is 1040. The Labute approximate surface area is 170 Å². The van der Waals surface area contributed by atoms with Crippen molar-refractivity contribution in [1.29, 1.82) is 0 Å². The third-order valence-corrected chi connectivity index (χ3v) is 4.68. The number of aliphatic hydroxyl groups is 1. The average molecular weight is 416 g/mol. The van der Waals surface area contributed by atoms with E-state index < -0.39 is 24.0 Å². The fourth-order valence-electron chi connectivity index (χ4n) is 2.60. The number of aromatic amines is 1. The lowest BCUT2D eigenvalue weighted by molar-refractivity contribution is -0.145. The van der Waals surface area contributed by atoms with Crippen molar-refractivity contribution in [3.05, 3.63) is 36.2 Å². The van der Waals surface area contributed by atoms with Gasteiger partial charge >= 0.3 is 5.97 Å². The van der Waals surface area contributed by atoms with Gasteiger partial charge in [-0.05, 0) is 31.4 Å². The van der Waals surface area contributed by atoms with Gasteiger partial charge in [0.25, 0.3) is 5.91 Å². The summed E-state index contributed by atoms with van der Waals surface area (Å²) in [5, 5.41) is 23.6. The number of nitrogens with zero attached hydrogens (tertiary/aromatic N) is 3. The molecule has 29 heavy (non-hydrogen) atoms. The third kappa shape index (κ3) is 4.63. The minimum absolute atomic E-state index is 0.113. The van der Waals surface area contributed by atoms with Crippen molar-refractivity contribution in [3.8, 4) is 0 Å². The Hall–Kier alpha value is -3.18. The number of carbonyl (C=O) groups excluding carboxylic acids is 2. The fraction of sp³-hybridized carbons (Fsp3) is 0.278. The number of H-pyrrole nitrogens is 1. The zero-order valence-electron chi connectivity index (χ0n) is 16.0. The van der Waals surface area contributed by atoms with Crippen LogP contribution in [0.4, 0.5) is 11.5 Å². The van der Waals surface area contributed by atoms with Crippen LogP contribution < -0.4 is 10.6 Å². The van der Waals surface area contributed by atoms with Gasteiger partial charge in [0.05, 0.1) is 24.9 Å². The van der Waals surface area contributed by atoms with Gasteiger partial charge in [-0.1, -0.05) is 11.8 Å². The molecule has 2 atom stereocenters. The van der Waals surface area contributed by atoms with Gasteiger partial charge in [0.15, 0.2) is 11.2 Å². The molecule has 0 aliphatic heterocycles. The summed E-state index contributed by atoms with van der Waals surface area (Å²) in [5.74, 6) is -1.12. The number of hydrogen-bond donors (Lipinski definition) is 4. The van der Waals surface area contributed by atoms with Crippen molar-refractivity contribution in [1.82, 2.24) is 25.5 Å². The molecule has 0 bridgehead atoms. The van der Waals surface area contributed by atoms with Gasteiger partial charge in [0.1, 0.15) is 11.4 Å². The molecular formula is C18H20N6O4S. The Balaban J connectivity index is 1.91. The highest BCUT2D eigenvalue weighted by atomic mass is 32.2. The smallest absolute Gasteiger partial charge is 0.331 e. The van der Waals surface area contributed by atoms with E-state index in [-0.39, 0.29) is 11.4 Å². The molecule has 1 aromatic carbocycles. The number of amides is 1. The Kier molecular flexibility index (Phi) is 6.29. The Morgan fingerprint density at radius 2 is 2.10 bits per heavy atom. The number of ether oxygens (including phenoxy) is 1. The van der Waals surface area contributed by atoms with Crippen molar-refractivity contribution in [2.75, 3.05) is 18.7 Å². The molecule has 0 aliphatic carbocycles. The summed E-state index contributed by atoms with van der Waals surface area (Å²) in [4.78, 5) is 33.1. The lowest BCUT2D eigenvalue weighted by atomic mass is 10.1. The predicted molar refractivity (Wildman–Crippen MR) is 108 cm³/mol. The Morgan fingerprint density at radius 1 is 1.31 bits per heavy atom. The summed E-state index contributed by atoms with van der Waals surface area (Å²) < 4.78 is 4.63. The van der Waals surface area contributed by atoms with Crippen molar-refractivity contribution >= 4 is 46.0 Å². The highest BCUT2D eigenvalue weighted by Crippen LogP contribution is 2.24. The number of hydrogen-bond acceptors (Lipinski definition) is 9. The molecule has 11 heteroatoms. The second kappa shape index (κ2) is 8.88. The Morgan fingerprint density at radius 3 is 2.79 bits per heavy atom. The number of thioether (sulfide) groups is 1. The minimum Gasteiger partial charge on any atom is -0.467 e. The number of rotatable bonds is 7. The van der Waals surface area contributed by atoms with Gasteiger partial charge in [-0.25, -0.2) is 14.8 Å². The van der Waals surface area contributed by atoms with Crippen LogP contribution in [0.25, 0.3) is 10.9 Å². The molecular weight excluding hydrogens is 396 g/mol. The molecule has 0 unspecified atom stereocenters. The van der Waals surface area contributed by atoms with E-state index >= 15 is 0 Å². The highest BCUT2D eigenvalue weighted by Gasteiger charge is 2.28. The van der Waals surface area contributed by atoms with Gasteiger partial charge in [-0.3, -0.25) is 9.89 Å². The van der Waals surface area contributed by atoms with Crippen molar-refractivity contribution in [3.63, 3.8) is 0 Å². The number of carbonyl (C=O) groups is 2. The van der Waals surface area contributed by atoms with Crippen LogP contribution in [-0.2, 0) is 9.53 Å². The first-order valence-electron chi connectivity index (χ1n) is 8.61. The summed E-state index contributed by atoms with van der Waals surface area (Å²) in [6.45, 7) is 1.38. The number of benzene rings is 1. The van der Waals surface area contributed by atoms with Crippen LogP contribution in [-0.4, -0.2) is 62.7 Å². The van der Waals surface area contributed by atoms with Crippen LogP contribution in [0.2, 0.25) is 0 Å². The quantitative estimate of drug-likeness (QED) is 0.256. The van der Waals surface area contributed by atoms with E-state index in [9.17, 15) is 14.7 Å². The number of anilines is 2.